The first-order valence-electron chi connectivity index (χ1n) is 2.91. The molecule has 0 aliphatic rings. The van der Waals surface area contributed by atoms with Gasteiger partial charge < -0.3 is 5.73 Å². The Bertz CT molecular complexity index is 258. The normalized spacial score (nSPS) is 9.30. The van der Waals surface area contributed by atoms with Crippen molar-refractivity contribution in [3.63, 3.8) is 0 Å². The second-order valence-corrected chi connectivity index (χ2v) is 2.68. The minimum absolute atomic E-state index is 0.654. The van der Waals surface area contributed by atoms with Crippen LogP contribution in [0.5, 0.6) is 0 Å². The minimum Gasteiger partial charge on any atom is -0.397 e. The molecule has 0 aromatic carbocycles. The van der Waals surface area contributed by atoms with Crippen LogP contribution in [0.25, 0.3) is 0 Å². The molecule has 0 radical (unpaired) electrons. The standard InChI is InChI=1S/C7H8N2S/c1-5(10)6-2-7(8)4-9-3-6/h2-4H,8H2,1H3. The fourth-order valence-corrected chi connectivity index (χ4v) is 0.762. The van der Waals surface area contributed by atoms with Crippen LogP contribution in [-0.2, 0) is 0 Å². The first kappa shape index (κ1) is 7.15. The molecule has 0 unspecified atom stereocenters. The number of nitrogens with zero attached hydrogens (tertiary/aromatic N) is 1. The molecule has 2 N–H and O–H groups in total. The molecule has 0 atom stereocenters. The van der Waals surface area contributed by atoms with Gasteiger partial charge in [0.2, 0.25) is 0 Å². The van der Waals surface area contributed by atoms with Crippen LogP contribution in [0, 0.1) is 0 Å². The van der Waals surface area contributed by atoms with E-state index < -0.39 is 0 Å². The molecule has 3 heteroatoms. The largest absolute Gasteiger partial charge is 0.397 e. The Labute approximate surface area is 65.1 Å². The summed E-state index contributed by atoms with van der Waals surface area (Å²) in [4.78, 5) is 4.71. The first-order valence-corrected chi connectivity index (χ1v) is 3.32. The van der Waals surface area contributed by atoms with Crippen molar-refractivity contribution in [2.45, 2.75) is 6.92 Å². The maximum absolute atomic E-state index is 5.47. The smallest absolute Gasteiger partial charge is 0.0506 e. The van der Waals surface area contributed by atoms with Crippen molar-refractivity contribution in [3.8, 4) is 0 Å². The summed E-state index contributed by atoms with van der Waals surface area (Å²) in [6.45, 7) is 1.85. The number of pyridine rings is 1. The third-order valence-electron chi connectivity index (χ3n) is 1.17. The molecule has 2 nitrogen and oxygen atoms in total. The lowest BCUT2D eigenvalue weighted by atomic mass is 10.2. The summed E-state index contributed by atoms with van der Waals surface area (Å²) in [7, 11) is 0. The zero-order valence-electron chi connectivity index (χ0n) is 5.66. The van der Waals surface area contributed by atoms with Crippen molar-refractivity contribution < 1.29 is 0 Å². The molecule has 0 spiro atoms. The Morgan fingerprint density at radius 1 is 1.60 bits per heavy atom. The fraction of sp³-hybridized carbons (Fsp3) is 0.143. The summed E-state index contributed by atoms with van der Waals surface area (Å²) in [5, 5.41) is 0. The van der Waals surface area contributed by atoms with Crippen LogP contribution in [0.2, 0.25) is 0 Å². The van der Waals surface area contributed by atoms with E-state index in [1.807, 2.05) is 13.0 Å². The van der Waals surface area contributed by atoms with Crippen LogP contribution in [0.1, 0.15) is 12.5 Å². The lowest BCUT2D eigenvalue weighted by molar-refractivity contribution is 1.32. The van der Waals surface area contributed by atoms with Crippen LogP contribution in [-0.4, -0.2) is 9.85 Å². The monoisotopic (exact) mass is 152 g/mol. The fourth-order valence-electron chi connectivity index (χ4n) is 0.650. The molecule has 1 rings (SSSR count). The predicted molar refractivity (Wildman–Crippen MR) is 46.0 cm³/mol. The number of nitrogens with two attached hydrogens (primary N) is 1. The summed E-state index contributed by atoms with van der Waals surface area (Å²) in [5.74, 6) is 0. The Kier molecular flexibility index (Phi) is 1.97. The van der Waals surface area contributed by atoms with Gasteiger partial charge >= 0.3 is 0 Å². The van der Waals surface area contributed by atoms with Crippen molar-refractivity contribution in [1.29, 1.82) is 0 Å². The van der Waals surface area contributed by atoms with Gasteiger partial charge in [0.25, 0.3) is 0 Å². The Morgan fingerprint density at radius 2 is 2.30 bits per heavy atom. The van der Waals surface area contributed by atoms with E-state index in [1.54, 1.807) is 12.4 Å². The minimum atomic E-state index is 0.654. The topological polar surface area (TPSA) is 38.9 Å². The summed E-state index contributed by atoms with van der Waals surface area (Å²) in [6.07, 6.45) is 3.31. The van der Waals surface area contributed by atoms with Gasteiger partial charge in [-0.2, -0.15) is 0 Å². The van der Waals surface area contributed by atoms with Crippen LogP contribution < -0.4 is 5.73 Å². The van der Waals surface area contributed by atoms with Gasteiger partial charge in [0.1, 0.15) is 0 Å². The van der Waals surface area contributed by atoms with Crippen molar-refractivity contribution in [3.05, 3.63) is 24.0 Å². The van der Waals surface area contributed by atoms with Gasteiger partial charge in [0.05, 0.1) is 5.69 Å². The SMILES string of the molecule is CC(=S)c1cncc(N)c1. The highest BCUT2D eigenvalue weighted by Crippen LogP contribution is 2.04. The Hall–Kier alpha value is -0.960. The number of nitrogen functional groups attached to an aromatic ring is 1. The average Bonchev–Trinajstić information content (AvgIpc) is 1.88. The first-order chi connectivity index (χ1) is 4.70. The van der Waals surface area contributed by atoms with E-state index in [1.165, 1.54) is 0 Å². The number of hydrogen-bond donors (Lipinski definition) is 1. The lowest BCUT2D eigenvalue weighted by Gasteiger charge is -1.96. The number of anilines is 1. The third-order valence-corrected chi connectivity index (χ3v) is 1.40. The molecule has 0 aliphatic heterocycles. The summed E-state index contributed by atoms with van der Waals surface area (Å²) < 4.78 is 0. The number of aromatic nitrogens is 1. The summed E-state index contributed by atoms with van der Waals surface area (Å²) >= 11 is 4.93. The molecule has 0 fully saturated rings. The molecular weight excluding hydrogens is 144 g/mol. The second kappa shape index (κ2) is 2.75. The predicted octanol–water partition coefficient (Wildman–Crippen LogP) is 1.40. The molecule has 0 bridgehead atoms. The van der Waals surface area contributed by atoms with E-state index >= 15 is 0 Å². The van der Waals surface area contributed by atoms with E-state index in [-0.39, 0.29) is 0 Å². The van der Waals surface area contributed by atoms with Crippen molar-refractivity contribution in [2.24, 2.45) is 0 Å². The molecule has 0 saturated carbocycles. The van der Waals surface area contributed by atoms with Crippen LogP contribution in [0.4, 0.5) is 5.69 Å². The van der Waals surface area contributed by atoms with Gasteiger partial charge in [0, 0.05) is 22.8 Å². The van der Waals surface area contributed by atoms with E-state index in [2.05, 4.69) is 4.98 Å². The van der Waals surface area contributed by atoms with Gasteiger partial charge in [0.15, 0.2) is 0 Å². The maximum Gasteiger partial charge on any atom is 0.0506 e. The molecule has 52 valence electrons. The number of hydrogen-bond acceptors (Lipinski definition) is 3. The molecule has 0 amide bonds. The van der Waals surface area contributed by atoms with Crippen LogP contribution in [0.15, 0.2) is 18.5 Å². The quantitative estimate of drug-likeness (QED) is 0.488. The zero-order chi connectivity index (χ0) is 7.56. The zero-order valence-corrected chi connectivity index (χ0v) is 6.48. The Morgan fingerprint density at radius 3 is 2.70 bits per heavy atom. The third kappa shape index (κ3) is 1.51. The van der Waals surface area contributed by atoms with Crippen molar-refractivity contribution >= 4 is 22.8 Å². The van der Waals surface area contributed by atoms with E-state index in [9.17, 15) is 0 Å². The molecular formula is C7H8N2S. The lowest BCUT2D eigenvalue weighted by Crippen LogP contribution is -1.94. The highest BCUT2D eigenvalue weighted by atomic mass is 32.1. The van der Waals surface area contributed by atoms with Crippen LogP contribution >= 0.6 is 12.2 Å². The van der Waals surface area contributed by atoms with Crippen molar-refractivity contribution in [2.75, 3.05) is 5.73 Å². The highest BCUT2D eigenvalue weighted by Gasteiger charge is 1.93. The molecule has 1 aromatic rings. The maximum atomic E-state index is 5.47. The van der Waals surface area contributed by atoms with E-state index in [4.69, 9.17) is 18.0 Å². The highest BCUT2D eigenvalue weighted by molar-refractivity contribution is 7.80. The molecule has 10 heavy (non-hydrogen) atoms. The van der Waals surface area contributed by atoms with Gasteiger partial charge in [-0.05, 0) is 13.0 Å². The van der Waals surface area contributed by atoms with E-state index in [0.717, 1.165) is 10.4 Å². The molecule has 1 aromatic heterocycles. The average molecular weight is 152 g/mol. The van der Waals surface area contributed by atoms with Gasteiger partial charge in [-0.1, -0.05) is 12.2 Å². The van der Waals surface area contributed by atoms with E-state index in [0.29, 0.717) is 5.69 Å². The van der Waals surface area contributed by atoms with Crippen molar-refractivity contribution in [1.82, 2.24) is 4.98 Å². The molecule has 1 heterocycles. The van der Waals surface area contributed by atoms with Gasteiger partial charge in [-0.15, -0.1) is 0 Å². The Balaban J connectivity index is 3.07. The molecule has 0 aliphatic carbocycles. The number of rotatable bonds is 1. The number of thiocarbonyl (C=S) groups is 1. The summed E-state index contributed by atoms with van der Waals surface area (Å²) in [5.41, 5.74) is 7.05. The molecule has 0 saturated heterocycles. The summed E-state index contributed by atoms with van der Waals surface area (Å²) in [6, 6.07) is 1.81. The van der Waals surface area contributed by atoms with Gasteiger partial charge in [-0.25, -0.2) is 0 Å². The van der Waals surface area contributed by atoms with Crippen LogP contribution in [0.3, 0.4) is 0 Å². The second-order valence-electron chi connectivity index (χ2n) is 2.06. The van der Waals surface area contributed by atoms with Gasteiger partial charge in [-0.3, -0.25) is 4.98 Å².